The molecule has 3 nitrogen and oxygen atoms in total. The monoisotopic (exact) mass is 336 g/mol. The molecule has 1 aliphatic carbocycles. The van der Waals surface area contributed by atoms with Crippen LogP contribution in [0.15, 0.2) is 72.2 Å². The van der Waals surface area contributed by atoms with Gasteiger partial charge in [0.05, 0.1) is 0 Å². The van der Waals surface area contributed by atoms with Crippen molar-refractivity contribution in [2.75, 3.05) is 5.32 Å². The van der Waals surface area contributed by atoms with E-state index in [0.717, 1.165) is 18.0 Å². The number of hydrogen-bond donors (Lipinski definition) is 2. The summed E-state index contributed by atoms with van der Waals surface area (Å²) < 4.78 is 0. The van der Waals surface area contributed by atoms with Gasteiger partial charge in [0.2, 0.25) is 0 Å². The van der Waals surface area contributed by atoms with Crippen LogP contribution in [0.2, 0.25) is 0 Å². The Morgan fingerprint density at radius 3 is 2.00 bits per heavy atom. The lowest BCUT2D eigenvalue weighted by Gasteiger charge is -2.32. The van der Waals surface area contributed by atoms with E-state index in [0.29, 0.717) is 0 Å². The first-order valence-corrected chi connectivity index (χ1v) is 9.11. The van der Waals surface area contributed by atoms with Crippen LogP contribution in [0.1, 0.15) is 29.9 Å². The van der Waals surface area contributed by atoms with Crippen LogP contribution in [0.5, 0.6) is 0 Å². The second-order valence-corrected chi connectivity index (χ2v) is 7.27. The number of hydrogen-bond acceptors (Lipinski definition) is 4. The summed E-state index contributed by atoms with van der Waals surface area (Å²) in [5, 5.41) is 16.9. The largest absolute Gasteiger partial charge is 0.373 e. The predicted molar refractivity (Wildman–Crippen MR) is 98.1 cm³/mol. The van der Waals surface area contributed by atoms with Gasteiger partial charge < -0.3 is 10.4 Å². The Bertz CT molecular complexity index is 730. The number of anilines is 1. The van der Waals surface area contributed by atoms with Crippen molar-refractivity contribution in [1.29, 1.82) is 0 Å². The van der Waals surface area contributed by atoms with E-state index < -0.39 is 6.23 Å². The molecule has 1 saturated carbocycles. The summed E-state index contributed by atoms with van der Waals surface area (Å²) in [4.78, 5) is 4.25. The van der Waals surface area contributed by atoms with Gasteiger partial charge in [0, 0.05) is 22.9 Å². The van der Waals surface area contributed by atoms with Gasteiger partial charge in [0.15, 0.2) is 5.13 Å². The third-order valence-electron chi connectivity index (χ3n) is 4.91. The highest BCUT2D eigenvalue weighted by molar-refractivity contribution is 7.13. The molecule has 0 saturated heterocycles. The van der Waals surface area contributed by atoms with E-state index in [1.165, 1.54) is 22.5 Å². The quantitative estimate of drug-likeness (QED) is 0.652. The maximum Gasteiger partial charge on any atom is 0.184 e. The zero-order valence-corrected chi connectivity index (χ0v) is 14.1. The first kappa shape index (κ1) is 15.4. The Balaban J connectivity index is 1.70. The van der Waals surface area contributed by atoms with Gasteiger partial charge in [0.25, 0.3) is 0 Å². The highest BCUT2D eigenvalue weighted by atomic mass is 32.1. The summed E-state index contributed by atoms with van der Waals surface area (Å²) in [5.74, 6) is 0.169. The van der Waals surface area contributed by atoms with Crippen LogP contribution < -0.4 is 5.32 Å². The van der Waals surface area contributed by atoms with E-state index in [1.54, 1.807) is 6.20 Å². The fourth-order valence-corrected chi connectivity index (χ4v) is 4.12. The molecule has 1 unspecified atom stereocenters. The molecule has 1 aliphatic rings. The summed E-state index contributed by atoms with van der Waals surface area (Å²) in [7, 11) is 0. The fraction of sp³-hybridized carbons (Fsp3) is 0.250. The molecule has 4 rings (SSSR count). The fourth-order valence-electron chi connectivity index (χ4n) is 3.57. The smallest absolute Gasteiger partial charge is 0.184 e. The first-order valence-electron chi connectivity index (χ1n) is 8.24. The Kier molecular flexibility index (Phi) is 4.08. The van der Waals surface area contributed by atoms with Crippen LogP contribution in [0.4, 0.5) is 5.13 Å². The third-order valence-corrected chi connectivity index (χ3v) is 5.61. The molecule has 1 fully saturated rings. The molecule has 1 atom stereocenters. The lowest BCUT2D eigenvalue weighted by atomic mass is 9.77. The Morgan fingerprint density at radius 2 is 1.54 bits per heavy atom. The lowest BCUT2D eigenvalue weighted by Crippen LogP contribution is -2.35. The van der Waals surface area contributed by atoms with Gasteiger partial charge in [0.1, 0.15) is 6.23 Å². The average Bonchev–Trinajstić information content (AvgIpc) is 3.26. The number of thiazole rings is 1. The average molecular weight is 336 g/mol. The van der Waals surface area contributed by atoms with E-state index in [-0.39, 0.29) is 11.3 Å². The Hall–Kier alpha value is -2.17. The minimum Gasteiger partial charge on any atom is -0.373 e. The SMILES string of the molecule is OC(Nc1nccs1)C1(C(c2ccccc2)c2ccccc2)CC1. The van der Waals surface area contributed by atoms with Gasteiger partial charge in [-0.25, -0.2) is 4.98 Å². The summed E-state index contributed by atoms with van der Waals surface area (Å²) in [6, 6.07) is 21.0. The number of aromatic nitrogens is 1. The molecule has 0 radical (unpaired) electrons. The molecule has 0 aliphatic heterocycles. The number of nitrogens with zero attached hydrogens (tertiary/aromatic N) is 1. The van der Waals surface area contributed by atoms with E-state index >= 15 is 0 Å². The van der Waals surface area contributed by atoms with E-state index in [4.69, 9.17) is 0 Å². The predicted octanol–water partition coefficient (Wildman–Crippen LogP) is 4.49. The van der Waals surface area contributed by atoms with Crippen molar-refractivity contribution in [2.45, 2.75) is 25.0 Å². The lowest BCUT2D eigenvalue weighted by molar-refractivity contribution is 0.108. The van der Waals surface area contributed by atoms with Crippen LogP contribution in [0, 0.1) is 5.41 Å². The van der Waals surface area contributed by atoms with Gasteiger partial charge in [-0.05, 0) is 24.0 Å². The second kappa shape index (κ2) is 6.38. The number of nitrogens with one attached hydrogen (secondary N) is 1. The Morgan fingerprint density at radius 1 is 0.958 bits per heavy atom. The van der Waals surface area contributed by atoms with Gasteiger partial charge in [-0.2, -0.15) is 0 Å². The summed E-state index contributed by atoms with van der Waals surface area (Å²) in [5.41, 5.74) is 2.32. The summed E-state index contributed by atoms with van der Waals surface area (Å²) >= 11 is 1.52. The summed E-state index contributed by atoms with van der Waals surface area (Å²) in [6.07, 6.45) is 3.14. The van der Waals surface area contributed by atoms with E-state index in [2.05, 4.69) is 58.8 Å². The molecule has 3 aromatic rings. The van der Waals surface area contributed by atoms with Crippen molar-refractivity contribution >= 4 is 16.5 Å². The molecular formula is C20H20N2OS. The number of benzene rings is 2. The Labute approximate surface area is 146 Å². The molecule has 0 amide bonds. The van der Waals surface area contributed by atoms with Crippen molar-refractivity contribution in [2.24, 2.45) is 5.41 Å². The molecule has 24 heavy (non-hydrogen) atoms. The number of aliphatic hydroxyl groups excluding tert-OH is 1. The van der Waals surface area contributed by atoms with Crippen molar-refractivity contribution in [3.8, 4) is 0 Å². The van der Waals surface area contributed by atoms with Crippen molar-refractivity contribution in [3.05, 3.63) is 83.4 Å². The standard InChI is InChI=1S/C20H20N2OS/c23-18(22-19-21-13-14-24-19)20(11-12-20)17(15-7-3-1-4-8-15)16-9-5-2-6-10-16/h1-10,13-14,17-18,23H,11-12H2,(H,21,22). The maximum atomic E-state index is 11.0. The number of rotatable bonds is 6. The minimum atomic E-state index is -0.617. The van der Waals surface area contributed by atoms with Crippen LogP contribution >= 0.6 is 11.3 Å². The zero-order valence-electron chi connectivity index (χ0n) is 13.3. The molecule has 2 N–H and O–H groups in total. The van der Waals surface area contributed by atoms with Crippen molar-refractivity contribution < 1.29 is 5.11 Å². The maximum absolute atomic E-state index is 11.0. The molecule has 1 aromatic heterocycles. The van der Waals surface area contributed by atoms with Crippen LogP contribution in [0.25, 0.3) is 0 Å². The van der Waals surface area contributed by atoms with Crippen molar-refractivity contribution in [1.82, 2.24) is 4.98 Å². The normalized spacial score (nSPS) is 16.8. The molecular weight excluding hydrogens is 316 g/mol. The van der Waals surface area contributed by atoms with Crippen LogP contribution in [-0.2, 0) is 0 Å². The molecule has 0 bridgehead atoms. The van der Waals surface area contributed by atoms with Gasteiger partial charge in [-0.3, -0.25) is 0 Å². The highest BCUT2D eigenvalue weighted by Crippen LogP contribution is 2.60. The first-order chi connectivity index (χ1) is 11.8. The highest BCUT2D eigenvalue weighted by Gasteiger charge is 2.55. The van der Waals surface area contributed by atoms with E-state index in [9.17, 15) is 5.11 Å². The van der Waals surface area contributed by atoms with E-state index in [1.807, 2.05) is 17.5 Å². The molecule has 4 heteroatoms. The topological polar surface area (TPSA) is 45.1 Å². The zero-order chi connectivity index (χ0) is 16.4. The molecule has 1 heterocycles. The molecule has 122 valence electrons. The van der Waals surface area contributed by atoms with Crippen LogP contribution in [0.3, 0.4) is 0 Å². The van der Waals surface area contributed by atoms with Crippen molar-refractivity contribution in [3.63, 3.8) is 0 Å². The minimum absolute atomic E-state index is 0.169. The van der Waals surface area contributed by atoms with Crippen LogP contribution in [-0.4, -0.2) is 16.3 Å². The van der Waals surface area contributed by atoms with Gasteiger partial charge in [-0.15, -0.1) is 11.3 Å². The van der Waals surface area contributed by atoms with Gasteiger partial charge in [-0.1, -0.05) is 60.7 Å². The third kappa shape index (κ3) is 2.83. The molecule has 2 aromatic carbocycles. The number of aliphatic hydroxyl groups is 1. The second-order valence-electron chi connectivity index (χ2n) is 6.37. The van der Waals surface area contributed by atoms with Gasteiger partial charge >= 0.3 is 0 Å². The summed E-state index contributed by atoms with van der Waals surface area (Å²) in [6.45, 7) is 0. The molecule has 0 spiro atoms.